The van der Waals surface area contributed by atoms with Crippen molar-refractivity contribution in [3.63, 3.8) is 0 Å². The molecule has 0 spiro atoms. The van der Waals surface area contributed by atoms with E-state index < -0.39 is 5.91 Å². The van der Waals surface area contributed by atoms with Gasteiger partial charge in [0.05, 0.1) is 0 Å². The highest BCUT2D eigenvalue weighted by molar-refractivity contribution is 5.92. The van der Waals surface area contributed by atoms with E-state index in [1.165, 1.54) is 0 Å². The first-order chi connectivity index (χ1) is 6.24. The van der Waals surface area contributed by atoms with Crippen LogP contribution < -0.4 is 5.73 Å². The van der Waals surface area contributed by atoms with Crippen molar-refractivity contribution in [2.24, 2.45) is 5.73 Å². The topological polar surface area (TPSA) is 63.3 Å². The summed E-state index contributed by atoms with van der Waals surface area (Å²) in [5, 5.41) is 8.42. The Kier molecular flexibility index (Phi) is 3.07. The molecule has 0 aliphatic rings. The van der Waals surface area contributed by atoms with Crippen molar-refractivity contribution in [1.82, 2.24) is 0 Å². The molecule has 1 rings (SSSR count). The molecule has 0 aliphatic carbocycles. The van der Waals surface area contributed by atoms with Crippen LogP contribution in [0.25, 0.3) is 0 Å². The molecule has 0 unspecified atom stereocenters. The predicted molar refractivity (Wildman–Crippen MR) is 48.9 cm³/mol. The molecule has 66 valence electrons. The third-order valence-electron chi connectivity index (χ3n) is 1.48. The first-order valence-electron chi connectivity index (χ1n) is 3.73. The third-order valence-corrected chi connectivity index (χ3v) is 1.48. The van der Waals surface area contributed by atoms with Gasteiger partial charge in [0.15, 0.2) is 0 Å². The maximum absolute atomic E-state index is 10.7. The molecule has 0 fully saturated rings. The van der Waals surface area contributed by atoms with Crippen LogP contribution in [-0.4, -0.2) is 17.6 Å². The normalized spacial score (nSPS) is 8.69. The number of rotatable bonds is 1. The van der Waals surface area contributed by atoms with Gasteiger partial charge >= 0.3 is 0 Å². The predicted octanol–water partition coefficient (Wildman–Crippen LogP) is 0.129. The van der Waals surface area contributed by atoms with Crippen LogP contribution in [0.1, 0.15) is 15.9 Å². The molecule has 0 aliphatic heterocycles. The molecule has 1 amide bonds. The van der Waals surface area contributed by atoms with Crippen LogP contribution in [0.5, 0.6) is 0 Å². The number of aliphatic hydroxyl groups is 1. The summed E-state index contributed by atoms with van der Waals surface area (Å²) in [6.07, 6.45) is 0. The lowest BCUT2D eigenvalue weighted by atomic mass is 10.1. The lowest BCUT2D eigenvalue weighted by Crippen LogP contribution is -2.10. The van der Waals surface area contributed by atoms with Crippen LogP contribution >= 0.6 is 0 Å². The Bertz CT molecular complexity index is 357. The van der Waals surface area contributed by atoms with Gasteiger partial charge in [-0.3, -0.25) is 4.79 Å². The van der Waals surface area contributed by atoms with Gasteiger partial charge in [-0.25, -0.2) is 0 Å². The quantitative estimate of drug-likeness (QED) is 0.596. The van der Waals surface area contributed by atoms with Crippen LogP contribution in [-0.2, 0) is 0 Å². The van der Waals surface area contributed by atoms with Gasteiger partial charge in [-0.1, -0.05) is 11.8 Å². The average molecular weight is 175 g/mol. The number of benzene rings is 1. The third kappa shape index (κ3) is 2.62. The SMILES string of the molecule is NC(=O)c1ccc(C#CCO)cc1. The highest BCUT2D eigenvalue weighted by Crippen LogP contribution is 2.01. The van der Waals surface area contributed by atoms with Crippen LogP contribution in [0.15, 0.2) is 24.3 Å². The van der Waals surface area contributed by atoms with Crippen molar-refractivity contribution in [3.05, 3.63) is 35.4 Å². The second kappa shape index (κ2) is 4.29. The Labute approximate surface area is 76.2 Å². The molecule has 3 N–H and O–H groups in total. The van der Waals surface area contributed by atoms with Gasteiger partial charge in [0.2, 0.25) is 5.91 Å². The molecule has 1 aromatic carbocycles. The number of hydrogen-bond acceptors (Lipinski definition) is 2. The first-order valence-corrected chi connectivity index (χ1v) is 3.73. The number of carbonyl (C=O) groups is 1. The number of primary amides is 1. The molecular formula is C10H9NO2. The van der Waals surface area contributed by atoms with Gasteiger partial charge in [0.1, 0.15) is 6.61 Å². The minimum atomic E-state index is -0.457. The summed E-state index contributed by atoms with van der Waals surface area (Å²) in [5.41, 5.74) is 6.25. The maximum atomic E-state index is 10.7. The Morgan fingerprint density at radius 3 is 2.46 bits per heavy atom. The van der Waals surface area contributed by atoms with Crippen molar-refractivity contribution in [1.29, 1.82) is 0 Å². The van der Waals surface area contributed by atoms with Crippen LogP contribution in [0, 0.1) is 11.8 Å². The fourth-order valence-corrected chi connectivity index (χ4v) is 0.859. The van der Waals surface area contributed by atoms with E-state index in [2.05, 4.69) is 11.8 Å². The van der Waals surface area contributed by atoms with E-state index in [4.69, 9.17) is 10.8 Å². The molecule has 0 bridgehead atoms. The fraction of sp³-hybridized carbons (Fsp3) is 0.100. The zero-order chi connectivity index (χ0) is 9.68. The van der Waals surface area contributed by atoms with Crippen molar-refractivity contribution >= 4 is 5.91 Å². The number of aliphatic hydroxyl groups excluding tert-OH is 1. The van der Waals surface area contributed by atoms with Crippen LogP contribution in [0.2, 0.25) is 0 Å². The Hall–Kier alpha value is -1.79. The molecule has 0 heterocycles. The van der Waals surface area contributed by atoms with E-state index in [1.54, 1.807) is 24.3 Å². The minimum Gasteiger partial charge on any atom is -0.384 e. The number of nitrogens with two attached hydrogens (primary N) is 1. The van der Waals surface area contributed by atoms with E-state index >= 15 is 0 Å². The monoisotopic (exact) mass is 175 g/mol. The summed E-state index contributed by atoms with van der Waals surface area (Å²) in [6.45, 7) is -0.169. The van der Waals surface area contributed by atoms with E-state index in [1.807, 2.05) is 0 Å². The maximum Gasteiger partial charge on any atom is 0.248 e. The standard InChI is InChI=1S/C10H9NO2/c11-10(13)9-5-3-8(4-6-9)2-1-7-12/h3-6,12H,7H2,(H2,11,13). The molecule has 1 aromatic rings. The molecule has 0 radical (unpaired) electrons. The minimum absolute atomic E-state index is 0.169. The average Bonchev–Trinajstić information content (AvgIpc) is 2.15. The Morgan fingerprint density at radius 2 is 2.00 bits per heavy atom. The van der Waals surface area contributed by atoms with E-state index in [9.17, 15) is 4.79 Å². The molecule has 3 nitrogen and oxygen atoms in total. The molecule has 0 atom stereocenters. The van der Waals surface area contributed by atoms with Gasteiger partial charge in [-0.05, 0) is 24.3 Å². The van der Waals surface area contributed by atoms with E-state index in [-0.39, 0.29) is 6.61 Å². The van der Waals surface area contributed by atoms with Gasteiger partial charge in [0, 0.05) is 11.1 Å². The summed E-state index contributed by atoms with van der Waals surface area (Å²) < 4.78 is 0. The van der Waals surface area contributed by atoms with Gasteiger partial charge in [-0.2, -0.15) is 0 Å². The summed E-state index contributed by atoms with van der Waals surface area (Å²) in [4.78, 5) is 10.7. The summed E-state index contributed by atoms with van der Waals surface area (Å²) in [7, 11) is 0. The zero-order valence-electron chi connectivity index (χ0n) is 6.95. The van der Waals surface area contributed by atoms with Gasteiger partial charge < -0.3 is 10.8 Å². The van der Waals surface area contributed by atoms with Crippen LogP contribution in [0.3, 0.4) is 0 Å². The molecule has 3 heteroatoms. The fourth-order valence-electron chi connectivity index (χ4n) is 0.859. The van der Waals surface area contributed by atoms with Gasteiger partial charge in [-0.15, -0.1) is 0 Å². The van der Waals surface area contributed by atoms with E-state index in [0.29, 0.717) is 5.56 Å². The molecular weight excluding hydrogens is 166 g/mol. The van der Waals surface area contributed by atoms with Crippen LogP contribution in [0.4, 0.5) is 0 Å². The number of amides is 1. The summed E-state index contributed by atoms with van der Waals surface area (Å²) in [5.74, 6) is 4.75. The van der Waals surface area contributed by atoms with Crippen molar-refractivity contribution < 1.29 is 9.90 Å². The molecule has 0 aromatic heterocycles. The lowest BCUT2D eigenvalue weighted by Gasteiger charge is -1.93. The lowest BCUT2D eigenvalue weighted by molar-refractivity contribution is 0.100. The second-order valence-corrected chi connectivity index (χ2v) is 2.40. The van der Waals surface area contributed by atoms with Crippen molar-refractivity contribution in [2.45, 2.75) is 0 Å². The van der Waals surface area contributed by atoms with E-state index in [0.717, 1.165) is 5.56 Å². The van der Waals surface area contributed by atoms with Crippen molar-refractivity contribution in [3.8, 4) is 11.8 Å². The molecule has 0 saturated carbocycles. The number of carbonyl (C=O) groups excluding carboxylic acids is 1. The smallest absolute Gasteiger partial charge is 0.248 e. The molecule has 13 heavy (non-hydrogen) atoms. The van der Waals surface area contributed by atoms with Gasteiger partial charge in [0.25, 0.3) is 0 Å². The summed E-state index contributed by atoms with van der Waals surface area (Å²) >= 11 is 0. The zero-order valence-corrected chi connectivity index (χ0v) is 6.95. The number of hydrogen-bond donors (Lipinski definition) is 2. The largest absolute Gasteiger partial charge is 0.384 e. The Morgan fingerprint density at radius 1 is 1.38 bits per heavy atom. The Balaban J connectivity index is 2.87. The highest BCUT2D eigenvalue weighted by atomic mass is 16.2. The first kappa shape index (κ1) is 9.30. The molecule has 0 saturated heterocycles. The second-order valence-electron chi connectivity index (χ2n) is 2.40. The summed E-state index contributed by atoms with van der Waals surface area (Å²) in [6, 6.07) is 6.57. The van der Waals surface area contributed by atoms with Crippen molar-refractivity contribution in [2.75, 3.05) is 6.61 Å². The highest BCUT2D eigenvalue weighted by Gasteiger charge is 1.97.